The van der Waals surface area contributed by atoms with Crippen LogP contribution in [0.5, 0.6) is 0 Å². The number of anilines is 3. The molecule has 2 aromatic heterocycles. The van der Waals surface area contributed by atoms with Gasteiger partial charge in [0.25, 0.3) is 0 Å². The van der Waals surface area contributed by atoms with Gasteiger partial charge in [-0.05, 0) is 26.7 Å². The van der Waals surface area contributed by atoms with Gasteiger partial charge in [0.1, 0.15) is 5.82 Å². The van der Waals surface area contributed by atoms with E-state index >= 15 is 0 Å². The van der Waals surface area contributed by atoms with Crippen molar-refractivity contribution < 1.29 is 0 Å². The highest BCUT2D eigenvalue weighted by Crippen LogP contribution is 2.20. The van der Waals surface area contributed by atoms with E-state index in [4.69, 9.17) is 0 Å². The maximum Gasteiger partial charge on any atom is 0.227 e. The van der Waals surface area contributed by atoms with Crippen molar-refractivity contribution in [2.75, 3.05) is 23.3 Å². The van der Waals surface area contributed by atoms with Crippen LogP contribution in [0, 0.1) is 20.3 Å². The van der Waals surface area contributed by atoms with Gasteiger partial charge in [-0.1, -0.05) is 0 Å². The van der Waals surface area contributed by atoms with Crippen LogP contribution in [0.4, 0.5) is 17.6 Å². The molecule has 6 nitrogen and oxygen atoms in total. The van der Waals surface area contributed by atoms with Crippen LogP contribution in [-0.2, 0) is 0 Å². The Hall–Kier alpha value is -2.11. The van der Waals surface area contributed by atoms with E-state index in [9.17, 15) is 0 Å². The van der Waals surface area contributed by atoms with Gasteiger partial charge in [0, 0.05) is 36.6 Å². The number of hydrogen-bond donors (Lipinski definition) is 2. The van der Waals surface area contributed by atoms with Crippen molar-refractivity contribution in [1.29, 1.82) is 0 Å². The Bertz CT molecular complexity index is 570. The predicted octanol–water partition coefficient (Wildman–Crippen LogP) is 1.97. The molecule has 3 heterocycles. The quantitative estimate of drug-likeness (QED) is 0.879. The summed E-state index contributed by atoms with van der Waals surface area (Å²) in [5.41, 5.74) is 1.97. The minimum Gasteiger partial charge on any atom is -0.340 e. The van der Waals surface area contributed by atoms with Crippen LogP contribution < -0.4 is 10.2 Å². The number of nitrogens with one attached hydrogen (secondary N) is 2. The van der Waals surface area contributed by atoms with E-state index in [0.717, 1.165) is 48.5 Å². The number of aromatic nitrogens is 4. The first kappa shape index (κ1) is 12.0. The second kappa shape index (κ2) is 4.87. The van der Waals surface area contributed by atoms with E-state index in [-0.39, 0.29) is 0 Å². The number of rotatable bonds is 3. The normalized spacial score (nSPS) is 14.9. The summed E-state index contributed by atoms with van der Waals surface area (Å²) >= 11 is 0. The highest BCUT2D eigenvalue weighted by atomic mass is 15.3. The van der Waals surface area contributed by atoms with Crippen molar-refractivity contribution in [3.05, 3.63) is 29.9 Å². The maximum absolute atomic E-state index is 4.55. The lowest BCUT2D eigenvalue weighted by Gasteiger charge is -2.16. The third-order valence-electron chi connectivity index (χ3n) is 3.04. The topological polar surface area (TPSA) is 69.7 Å². The molecule has 0 spiro atoms. The Kier molecular flexibility index (Phi) is 3.06. The van der Waals surface area contributed by atoms with E-state index in [2.05, 4.69) is 36.8 Å². The fourth-order valence-corrected chi connectivity index (χ4v) is 2.14. The van der Waals surface area contributed by atoms with Gasteiger partial charge in [0.2, 0.25) is 5.95 Å². The zero-order chi connectivity index (χ0) is 13.2. The maximum atomic E-state index is 4.55. The minimum absolute atomic E-state index is 0.773. The molecule has 99 valence electrons. The molecule has 1 aliphatic heterocycles. The predicted molar refractivity (Wildman–Crippen MR) is 74.5 cm³/mol. The summed E-state index contributed by atoms with van der Waals surface area (Å²) in [6.07, 6.45) is 3.34. The molecule has 1 fully saturated rings. The Labute approximate surface area is 112 Å². The van der Waals surface area contributed by atoms with Crippen LogP contribution in [0.3, 0.4) is 0 Å². The summed E-state index contributed by atoms with van der Waals surface area (Å²) in [5.74, 6) is 2.33. The second-order valence-electron chi connectivity index (χ2n) is 4.78. The van der Waals surface area contributed by atoms with Crippen molar-refractivity contribution in [2.24, 2.45) is 0 Å². The molecule has 1 radical (unpaired) electrons. The molecule has 19 heavy (non-hydrogen) atoms. The first-order valence-corrected chi connectivity index (χ1v) is 6.42. The van der Waals surface area contributed by atoms with Gasteiger partial charge < -0.3 is 10.2 Å². The summed E-state index contributed by atoms with van der Waals surface area (Å²) in [7, 11) is 0. The Morgan fingerprint density at radius 2 is 2.11 bits per heavy atom. The summed E-state index contributed by atoms with van der Waals surface area (Å²) in [6, 6.07) is 3.87. The lowest BCUT2D eigenvalue weighted by Crippen LogP contribution is -2.21. The van der Waals surface area contributed by atoms with E-state index in [1.54, 1.807) is 0 Å². The van der Waals surface area contributed by atoms with E-state index in [1.165, 1.54) is 0 Å². The molecule has 1 saturated heterocycles. The molecule has 0 atom stereocenters. The molecule has 2 N–H and O–H groups in total. The first-order valence-electron chi connectivity index (χ1n) is 6.42. The third kappa shape index (κ3) is 2.67. The second-order valence-corrected chi connectivity index (χ2v) is 4.78. The van der Waals surface area contributed by atoms with Crippen molar-refractivity contribution in [2.45, 2.75) is 20.3 Å². The number of H-pyrrole nitrogens is 1. The van der Waals surface area contributed by atoms with Gasteiger partial charge in [-0.25, -0.2) is 4.98 Å². The molecular weight excluding hydrogens is 240 g/mol. The standard InChI is InChI=1S/C13H17N6/c1-9-7-11(15-12-8-10(2)17-18-12)16-13(14-9)19-5-3-4-6-19/h3,7-8H,4-6H2,1-2H3,(H2,14,15,16,17,18). The molecular formula is C13H17N6. The first-order chi connectivity index (χ1) is 9.20. The van der Waals surface area contributed by atoms with Gasteiger partial charge in [0.05, 0.1) is 0 Å². The van der Waals surface area contributed by atoms with E-state index in [1.807, 2.05) is 26.0 Å². The number of aromatic amines is 1. The van der Waals surface area contributed by atoms with Crippen LogP contribution in [0.15, 0.2) is 12.1 Å². The number of aryl methyl sites for hydroxylation is 2. The third-order valence-corrected chi connectivity index (χ3v) is 3.04. The highest BCUT2D eigenvalue weighted by molar-refractivity contribution is 5.54. The van der Waals surface area contributed by atoms with Gasteiger partial charge >= 0.3 is 0 Å². The van der Waals surface area contributed by atoms with Crippen molar-refractivity contribution in [3.8, 4) is 0 Å². The van der Waals surface area contributed by atoms with Crippen molar-refractivity contribution in [1.82, 2.24) is 20.2 Å². The van der Waals surface area contributed by atoms with E-state index in [0.29, 0.717) is 0 Å². The monoisotopic (exact) mass is 257 g/mol. The fourth-order valence-electron chi connectivity index (χ4n) is 2.14. The molecule has 6 heteroatoms. The smallest absolute Gasteiger partial charge is 0.227 e. The highest BCUT2D eigenvalue weighted by Gasteiger charge is 2.16. The summed E-state index contributed by atoms with van der Waals surface area (Å²) in [5, 5.41) is 10.3. The molecule has 1 aliphatic rings. The zero-order valence-corrected chi connectivity index (χ0v) is 11.1. The van der Waals surface area contributed by atoms with Gasteiger partial charge in [0.15, 0.2) is 5.82 Å². The van der Waals surface area contributed by atoms with Crippen molar-refractivity contribution >= 4 is 17.6 Å². The molecule has 0 amide bonds. The number of hydrogen-bond acceptors (Lipinski definition) is 5. The summed E-state index contributed by atoms with van der Waals surface area (Å²) < 4.78 is 0. The summed E-state index contributed by atoms with van der Waals surface area (Å²) in [6.45, 7) is 5.86. The van der Waals surface area contributed by atoms with Crippen LogP contribution in [0.1, 0.15) is 17.8 Å². The van der Waals surface area contributed by atoms with Crippen LogP contribution in [0.25, 0.3) is 0 Å². The van der Waals surface area contributed by atoms with Crippen LogP contribution in [-0.4, -0.2) is 33.3 Å². The largest absolute Gasteiger partial charge is 0.340 e. The minimum atomic E-state index is 0.773. The Balaban J connectivity index is 1.84. The zero-order valence-electron chi connectivity index (χ0n) is 11.1. The van der Waals surface area contributed by atoms with Crippen LogP contribution in [0.2, 0.25) is 0 Å². The van der Waals surface area contributed by atoms with Crippen molar-refractivity contribution in [3.63, 3.8) is 0 Å². The van der Waals surface area contributed by atoms with Gasteiger partial charge in [-0.2, -0.15) is 10.1 Å². The summed E-state index contributed by atoms with van der Waals surface area (Å²) in [4.78, 5) is 11.2. The molecule has 0 aromatic carbocycles. The van der Waals surface area contributed by atoms with E-state index < -0.39 is 0 Å². The Morgan fingerprint density at radius 1 is 1.21 bits per heavy atom. The molecule has 0 saturated carbocycles. The molecule has 2 aromatic rings. The lowest BCUT2D eigenvalue weighted by molar-refractivity contribution is 0.893. The molecule has 0 unspecified atom stereocenters. The van der Waals surface area contributed by atoms with Gasteiger partial charge in [-0.3, -0.25) is 5.10 Å². The average molecular weight is 257 g/mol. The molecule has 0 aliphatic carbocycles. The van der Waals surface area contributed by atoms with Gasteiger partial charge in [-0.15, -0.1) is 0 Å². The Morgan fingerprint density at radius 3 is 2.79 bits per heavy atom. The average Bonchev–Trinajstić information content (AvgIpc) is 3.00. The van der Waals surface area contributed by atoms with Crippen LogP contribution >= 0.6 is 0 Å². The lowest BCUT2D eigenvalue weighted by atomic mass is 10.4. The number of nitrogens with zero attached hydrogens (tertiary/aromatic N) is 4. The molecule has 3 rings (SSSR count). The SMILES string of the molecule is Cc1cc(Nc2cc(C)[nH]n2)nc(N2C[CH]CC2)n1. The molecule has 0 bridgehead atoms. The fraction of sp³-hybridized carbons (Fsp3) is 0.385.